The van der Waals surface area contributed by atoms with E-state index >= 15 is 0 Å². The Balaban J connectivity index is 2.47. The third-order valence-corrected chi connectivity index (χ3v) is 12.0. The molecule has 0 saturated carbocycles. The second kappa shape index (κ2) is 37.4. The summed E-state index contributed by atoms with van der Waals surface area (Å²) in [4.78, 5) is 13.0. The van der Waals surface area contributed by atoms with Crippen LogP contribution in [0.25, 0.3) is 0 Å². The molecule has 350 valence electrons. The third-order valence-electron chi connectivity index (χ3n) is 11.6. The van der Waals surface area contributed by atoms with Crippen LogP contribution in [0.5, 0.6) is 0 Å². The number of carbonyl (C=O) groups is 1. The van der Waals surface area contributed by atoms with Crippen LogP contribution in [-0.4, -0.2) is 95.4 Å². The first kappa shape index (κ1) is 55.9. The Morgan fingerprint density at radius 1 is 0.661 bits per heavy atom. The zero-order valence-electron chi connectivity index (χ0n) is 37.3. The monoisotopic (exact) mass is 864 g/mol. The topological polar surface area (TPSA) is 192 Å². The normalized spacial score (nSPS) is 21.0. The van der Waals surface area contributed by atoms with Crippen LogP contribution in [0.15, 0.2) is 12.2 Å². The smallest absolute Gasteiger partial charge is 0.394 e. The molecule has 12 nitrogen and oxygen atoms in total. The third kappa shape index (κ3) is 30.5. The van der Waals surface area contributed by atoms with E-state index in [-0.39, 0.29) is 18.9 Å². The Labute approximate surface area is 360 Å². The Bertz CT molecular complexity index is 1110. The maximum atomic E-state index is 13.0. The molecule has 1 saturated heterocycles. The summed E-state index contributed by atoms with van der Waals surface area (Å²) in [6.45, 7) is 3.44. The van der Waals surface area contributed by atoms with Crippen molar-refractivity contribution in [1.29, 1.82) is 0 Å². The molecular weight excluding hydrogens is 775 g/mol. The van der Waals surface area contributed by atoms with Crippen LogP contribution in [0.3, 0.4) is 0 Å². The quantitative estimate of drug-likeness (QED) is 0.0195. The van der Waals surface area contributed by atoms with Gasteiger partial charge in [0.25, 0.3) is 0 Å². The van der Waals surface area contributed by atoms with E-state index in [1.807, 2.05) is 0 Å². The number of rotatable bonds is 41. The fourth-order valence-corrected chi connectivity index (χ4v) is 8.32. The summed E-state index contributed by atoms with van der Waals surface area (Å²) in [6, 6.07) is -0.862. The maximum absolute atomic E-state index is 13.0. The molecule has 0 aromatic carbocycles. The van der Waals surface area contributed by atoms with Gasteiger partial charge in [0.2, 0.25) is 5.91 Å². The van der Waals surface area contributed by atoms with E-state index in [9.17, 15) is 38.2 Å². The second-order valence-electron chi connectivity index (χ2n) is 17.0. The van der Waals surface area contributed by atoms with Crippen LogP contribution >= 0.6 is 0 Å². The van der Waals surface area contributed by atoms with Crippen molar-refractivity contribution in [2.24, 2.45) is 0 Å². The molecule has 7 atom stereocenters. The predicted molar refractivity (Wildman–Crippen MR) is 236 cm³/mol. The first-order chi connectivity index (χ1) is 28.5. The van der Waals surface area contributed by atoms with Crippen LogP contribution in [0, 0.1) is 0 Å². The molecule has 1 aliphatic rings. The minimum Gasteiger partial charge on any atom is -0.394 e. The highest BCUT2D eigenvalue weighted by Crippen LogP contribution is 2.26. The summed E-state index contributed by atoms with van der Waals surface area (Å²) >= 11 is 0. The molecule has 0 radical (unpaired) electrons. The minimum atomic E-state index is -5.08. The van der Waals surface area contributed by atoms with Gasteiger partial charge in [-0.1, -0.05) is 187 Å². The molecule has 0 aromatic rings. The van der Waals surface area contributed by atoms with Gasteiger partial charge in [-0.25, -0.2) is 4.18 Å². The number of aliphatic hydroxyl groups is 4. The lowest BCUT2D eigenvalue weighted by molar-refractivity contribution is -0.298. The number of nitrogens with one attached hydrogen (secondary N) is 1. The lowest BCUT2D eigenvalue weighted by atomic mass is 9.99. The van der Waals surface area contributed by atoms with Gasteiger partial charge in [0.1, 0.15) is 24.4 Å². The maximum Gasteiger partial charge on any atom is 0.397 e. The lowest BCUT2D eigenvalue weighted by Crippen LogP contribution is -2.61. The van der Waals surface area contributed by atoms with Gasteiger partial charge in [-0.15, -0.1) is 0 Å². The molecule has 1 aliphatic heterocycles. The Hall–Kier alpha value is -1.16. The zero-order chi connectivity index (χ0) is 43.4. The molecule has 13 heteroatoms. The summed E-state index contributed by atoms with van der Waals surface area (Å²) in [5.41, 5.74) is 0. The lowest BCUT2D eigenvalue weighted by Gasteiger charge is -2.41. The van der Waals surface area contributed by atoms with Crippen molar-refractivity contribution in [3.8, 4) is 0 Å². The van der Waals surface area contributed by atoms with Crippen LogP contribution in [-0.2, 0) is 28.9 Å². The average Bonchev–Trinajstić information content (AvgIpc) is 3.20. The van der Waals surface area contributed by atoms with Crippen LogP contribution in [0.4, 0.5) is 0 Å². The molecule has 0 bridgehead atoms. The molecule has 59 heavy (non-hydrogen) atoms. The molecule has 6 N–H and O–H groups in total. The van der Waals surface area contributed by atoms with Crippen molar-refractivity contribution in [1.82, 2.24) is 5.32 Å². The van der Waals surface area contributed by atoms with Crippen LogP contribution < -0.4 is 5.32 Å². The van der Waals surface area contributed by atoms with Gasteiger partial charge in [0.05, 0.1) is 25.4 Å². The van der Waals surface area contributed by atoms with E-state index in [0.717, 1.165) is 51.4 Å². The molecule has 7 unspecified atom stereocenters. The van der Waals surface area contributed by atoms with Crippen molar-refractivity contribution in [3.05, 3.63) is 12.2 Å². The van der Waals surface area contributed by atoms with Gasteiger partial charge in [0, 0.05) is 6.42 Å². The molecule has 1 fully saturated rings. The van der Waals surface area contributed by atoms with Gasteiger partial charge in [0.15, 0.2) is 6.29 Å². The van der Waals surface area contributed by atoms with Crippen molar-refractivity contribution in [2.45, 2.75) is 262 Å². The summed E-state index contributed by atoms with van der Waals surface area (Å²) in [5.74, 6) is -0.245. The van der Waals surface area contributed by atoms with E-state index in [1.165, 1.54) is 135 Å². The molecule has 0 aromatic heterocycles. The van der Waals surface area contributed by atoms with Crippen molar-refractivity contribution >= 4 is 16.3 Å². The van der Waals surface area contributed by atoms with Gasteiger partial charge in [-0.3, -0.25) is 9.35 Å². The van der Waals surface area contributed by atoms with E-state index in [1.54, 1.807) is 0 Å². The van der Waals surface area contributed by atoms with Crippen molar-refractivity contribution in [2.75, 3.05) is 13.2 Å². The van der Waals surface area contributed by atoms with Gasteiger partial charge < -0.3 is 35.2 Å². The summed E-state index contributed by atoms with van der Waals surface area (Å²) < 4.78 is 47.7. The second-order valence-corrected chi connectivity index (χ2v) is 18.1. The number of allylic oxidation sites excluding steroid dienone is 2. The van der Waals surface area contributed by atoms with Crippen molar-refractivity contribution < 1.29 is 51.8 Å². The number of hydrogen-bond acceptors (Lipinski definition) is 10. The van der Waals surface area contributed by atoms with Crippen LogP contribution in [0.1, 0.15) is 219 Å². The van der Waals surface area contributed by atoms with Gasteiger partial charge in [-0.05, 0) is 38.5 Å². The first-order valence-corrected chi connectivity index (χ1v) is 25.4. The Morgan fingerprint density at radius 2 is 1.08 bits per heavy atom. The van der Waals surface area contributed by atoms with Gasteiger partial charge in [-0.2, -0.15) is 8.42 Å². The standard InChI is InChI=1S/C46H89NO11S/c1-3-5-7-9-11-13-15-17-18-19-20-21-22-24-25-27-29-31-33-35-40(49)39(38-56-46-44(52)45(58-59(53,54)55)43(51)41(37-48)57-46)47-42(50)36-34-32-30-28-26-23-16-14-12-10-8-6-4-2/h23,26,39-41,43-46,48-49,51-52H,3-22,24-25,27-38H2,1-2H3,(H,47,50)(H,53,54,55)/b26-23-. The fourth-order valence-electron chi connectivity index (χ4n) is 7.81. The van der Waals surface area contributed by atoms with Gasteiger partial charge >= 0.3 is 10.4 Å². The largest absolute Gasteiger partial charge is 0.397 e. The van der Waals surface area contributed by atoms with Crippen LogP contribution in [0.2, 0.25) is 0 Å². The molecule has 0 spiro atoms. The van der Waals surface area contributed by atoms with E-state index in [4.69, 9.17) is 9.47 Å². The number of ether oxygens (including phenoxy) is 2. The van der Waals surface area contributed by atoms with E-state index in [2.05, 4.69) is 35.5 Å². The van der Waals surface area contributed by atoms with E-state index < -0.39 is 59.9 Å². The Kier molecular flexibility index (Phi) is 35.4. The fraction of sp³-hybridized carbons (Fsp3) is 0.935. The molecule has 0 aliphatic carbocycles. The summed E-state index contributed by atoms with van der Waals surface area (Å²) in [5, 5.41) is 44.9. The highest BCUT2D eigenvalue weighted by atomic mass is 32.3. The number of amides is 1. The SMILES string of the molecule is CCCCCCCC/C=C\CCCCCC(=O)NC(COC1OC(CO)C(O)C(OS(=O)(=O)O)C1O)C(O)CCCCCCCCCCCCCCCCCCCCC. The summed E-state index contributed by atoms with van der Waals surface area (Å²) in [6.07, 6.45) is 32.1. The van der Waals surface area contributed by atoms with E-state index in [0.29, 0.717) is 12.8 Å². The predicted octanol–water partition coefficient (Wildman–Crippen LogP) is 9.55. The zero-order valence-corrected chi connectivity index (χ0v) is 38.1. The summed E-state index contributed by atoms with van der Waals surface area (Å²) in [7, 11) is -5.08. The molecule has 1 heterocycles. The first-order valence-electron chi connectivity index (χ1n) is 24.1. The molecule has 1 amide bonds. The number of unbranched alkanes of at least 4 members (excludes halogenated alkanes) is 27. The van der Waals surface area contributed by atoms with Crippen molar-refractivity contribution in [3.63, 3.8) is 0 Å². The Morgan fingerprint density at radius 3 is 1.53 bits per heavy atom. The molecule has 1 rings (SSSR count). The minimum absolute atomic E-state index is 0.245. The highest BCUT2D eigenvalue weighted by molar-refractivity contribution is 7.80. The number of aliphatic hydroxyl groups excluding tert-OH is 4. The highest BCUT2D eigenvalue weighted by Gasteiger charge is 2.48. The number of carbonyl (C=O) groups excluding carboxylic acids is 1. The molecular formula is C46H89NO11S. The average molecular weight is 864 g/mol. The number of hydrogen-bond donors (Lipinski definition) is 6.